The lowest BCUT2D eigenvalue weighted by molar-refractivity contribution is -0.138. The van der Waals surface area contributed by atoms with Crippen LogP contribution in [0.15, 0.2) is 42.9 Å². The summed E-state index contributed by atoms with van der Waals surface area (Å²) in [4.78, 5) is 25.4. The molecule has 1 amide bonds. The predicted octanol–water partition coefficient (Wildman–Crippen LogP) is 2.76. The van der Waals surface area contributed by atoms with Crippen LogP contribution in [0.5, 0.6) is 0 Å². The SMILES string of the molecule is N#Cc1ccc(N2CCCC3(CCC(=O)N(Cc4cccnc4)C3)C2)nc1. The summed E-state index contributed by atoms with van der Waals surface area (Å²) in [5, 5.41) is 8.97. The Morgan fingerprint density at radius 1 is 1.19 bits per heavy atom. The predicted molar refractivity (Wildman–Crippen MR) is 102 cm³/mol. The molecule has 0 bridgehead atoms. The first kappa shape index (κ1) is 17.5. The van der Waals surface area contributed by atoms with E-state index in [1.807, 2.05) is 35.4 Å². The molecule has 2 aliphatic rings. The van der Waals surface area contributed by atoms with Gasteiger partial charge in [0.05, 0.1) is 5.56 Å². The Morgan fingerprint density at radius 3 is 2.85 bits per heavy atom. The van der Waals surface area contributed by atoms with E-state index in [9.17, 15) is 4.79 Å². The van der Waals surface area contributed by atoms with Crippen molar-refractivity contribution in [2.45, 2.75) is 32.2 Å². The summed E-state index contributed by atoms with van der Waals surface area (Å²) >= 11 is 0. The molecule has 1 atom stereocenters. The van der Waals surface area contributed by atoms with E-state index in [2.05, 4.69) is 20.9 Å². The Kier molecular flexibility index (Phi) is 4.76. The molecule has 1 spiro atoms. The fraction of sp³-hybridized carbons (Fsp3) is 0.429. The number of rotatable bonds is 3. The topological polar surface area (TPSA) is 73.1 Å². The van der Waals surface area contributed by atoms with E-state index in [-0.39, 0.29) is 11.3 Å². The van der Waals surface area contributed by atoms with Crippen molar-refractivity contribution >= 4 is 11.7 Å². The molecular formula is C21H23N5O. The molecule has 2 saturated heterocycles. The van der Waals surface area contributed by atoms with Crippen LogP contribution in [0.1, 0.15) is 36.8 Å². The molecule has 0 radical (unpaired) electrons. The molecule has 2 aliphatic heterocycles. The third-order valence-corrected chi connectivity index (χ3v) is 5.71. The Morgan fingerprint density at radius 2 is 2.11 bits per heavy atom. The summed E-state index contributed by atoms with van der Waals surface area (Å²) in [7, 11) is 0. The molecular weight excluding hydrogens is 338 g/mol. The van der Waals surface area contributed by atoms with Crippen LogP contribution in [-0.4, -0.2) is 40.4 Å². The summed E-state index contributed by atoms with van der Waals surface area (Å²) in [5.74, 6) is 1.15. The lowest BCUT2D eigenvalue weighted by atomic mass is 9.73. The zero-order valence-corrected chi connectivity index (χ0v) is 15.3. The van der Waals surface area contributed by atoms with E-state index in [1.54, 1.807) is 12.4 Å². The zero-order valence-electron chi connectivity index (χ0n) is 15.3. The van der Waals surface area contributed by atoms with Gasteiger partial charge in [-0.15, -0.1) is 0 Å². The lowest BCUT2D eigenvalue weighted by Crippen LogP contribution is -2.54. The highest BCUT2D eigenvalue weighted by Crippen LogP contribution is 2.40. The van der Waals surface area contributed by atoms with Crippen molar-refractivity contribution < 1.29 is 4.79 Å². The highest BCUT2D eigenvalue weighted by molar-refractivity contribution is 5.77. The van der Waals surface area contributed by atoms with Gasteiger partial charge in [-0.3, -0.25) is 9.78 Å². The number of pyridine rings is 2. The molecule has 2 aromatic heterocycles. The first-order valence-corrected chi connectivity index (χ1v) is 9.45. The fourth-order valence-corrected chi connectivity index (χ4v) is 4.33. The molecule has 0 aromatic carbocycles. The largest absolute Gasteiger partial charge is 0.356 e. The highest BCUT2D eigenvalue weighted by Gasteiger charge is 2.42. The van der Waals surface area contributed by atoms with E-state index in [4.69, 9.17) is 5.26 Å². The number of carbonyl (C=O) groups is 1. The van der Waals surface area contributed by atoms with E-state index >= 15 is 0 Å². The van der Waals surface area contributed by atoms with Crippen LogP contribution < -0.4 is 4.90 Å². The van der Waals surface area contributed by atoms with Gasteiger partial charge in [-0.2, -0.15) is 5.26 Å². The third-order valence-electron chi connectivity index (χ3n) is 5.71. The van der Waals surface area contributed by atoms with E-state index < -0.39 is 0 Å². The van der Waals surface area contributed by atoms with Gasteiger partial charge in [0.15, 0.2) is 0 Å². The number of amides is 1. The van der Waals surface area contributed by atoms with Gasteiger partial charge in [0.25, 0.3) is 0 Å². The van der Waals surface area contributed by atoms with Gasteiger partial charge in [0.2, 0.25) is 5.91 Å². The van der Waals surface area contributed by atoms with Crippen LogP contribution in [-0.2, 0) is 11.3 Å². The zero-order chi connectivity index (χ0) is 18.7. The van der Waals surface area contributed by atoms with Gasteiger partial charge in [-0.1, -0.05) is 6.07 Å². The quantitative estimate of drug-likeness (QED) is 0.840. The summed E-state index contributed by atoms with van der Waals surface area (Å²) in [6.45, 7) is 3.29. The molecule has 6 nitrogen and oxygen atoms in total. The molecule has 2 aromatic rings. The molecule has 1 unspecified atom stereocenters. The molecule has 0 saturated carbocycles. The maximum Gasteiger partial charge on any atom is 0.222 e. The number of piperidine rings is 2. The van der Waals surface area contributed by atoms with E-state index in [0.717, 1.165) is 50.3 Å². The summed E-state index contributed by atoms with van der Waals surface area (Å²) in [6.07, 6.45) is 9.00. The minimum absolute atomic E-state index is 0.115. The molecule has 0 aliphatic carbocycles. The normalized spacial score (nSPS) is 22.7. The molecule has 4 heterocycles. The summed E-state index contributed by atoms with van der Waals surface area (Å²) < 4.78 is 0. The van der Waals surface area contributed by atoms with Crippen LogP contribution in [0.25, 0.3) is 0 Å². The summed E-state index contributed by atoms with van der Waals surface area (Å²) in [5.41, 5.74) is 1.77. The number of carbonyl (C=O) groups excluding carboxylic acids is 1. The van der Waals surface area contributed by atoms with Crippen LogP contribution in [0.2, 0.25) is 0 Å². The van der Waals surface area contributed by atoms with Crippen LogP contribution >= 0.6 is 0 Å². The molecule has 6 heteroatoms. The number of nitrogens with zero attached hydrogens (tertiary/aromatic N) is 5. The minimum atomic E-state index is 0.115. The average Bonchev–Trinajstić information content (AvgIpc) is 2.72. The second-order valence-electron chi connectivity index (χ2n) is 7.65. The lowest BCUT2D eigenvalue weighted by Gasteiger charge is -2.48. The Labute approximate surface area is 159 Å². The standard InChI is InChI=1S/C21H23N5O/c22-11-17-4-5-19(24-13-17)25-10-2-7-21(15-25)8-6-20(27)26(16-21)14-18-3-1-9-23-12-18/h1,3-5,9,12-13H,2,6-8,10,14-16H2. The monoisotopic (exact) mass is 361 g/mol. The number of likely N-dealkylation sites (tertiary alicyclic amines) is 1. The molecule has 4 rings (SSSR count). The van der Waals surface area contributed by atoms with Gasteiger partial charge in [0, 0.05) is 56.6 Å². The number of anilines is 1. The molecule has 0 N–H and O–H groups in total. The second kappa shape index (κ2) is 7.36. The van der Waals surface area contributed by atoms with Crippen LogP contribution in [0.4, 0.5) is 5.82 Å². The van der Waals surface area contributed by atoms with Crippen molar-refractivity contribution in [3.05, 3.63) is 54.0 Å². The van der Waals surface area contributed by atoms with Crippen molar-refractivity contribution in [3.8, 4) is 6.07 Å². The van der Waals surface area contributed by atoms with Crippen LogP contribution in [0, 0.1) is 16.7 Å². The maximum absolute atomic E-state index is 12.5. The summed E-state index contributed by atoms with van der Waals surface area (Å²) in [6, 6.07) is 9.81. The maximum atomic E-state index is 12.5. The molecule has 138 valence electrons. The van der Waals surface area contributed by atoms with Gasteiger partial charge >= 0.3 is 0 Å². The van der Waals surface area contributed by atoms with Crippen molar-refractivity contribution in [3.63, 3.8) is 0 Å². The molecule has 2 fully saturated rings. The first-order valence-electron chi connectivity index (χ1n) is 9.45. The third kappa shape index (κ3) is 3.77. The Bertz CT molecular complexity index is 845. The fourth-order valence-electron chi connectivity index (χ4n) is 4.33. The molecule has 27 heavy (non-hydrogen) atoms. The van der Waals surface area contributed by atoms with Crippen molar-refractivity contribution in [2.75, 3.05) is 24.5 Å². The van der Waals surface area contributed by atoms with Gasteiger partial charge in [-0.25, -0.2) is 4.98 Å². The van der Waals surface area contributed by atoms with Crippen molar-refractivity contribution in [2.24, 2.45) is 5.41 Å². The Hall–Kier alpha value is -2.94. The van der Waals surface area contributed by atoms with E-state index in [1.165, 1.54) is 0 Å². The second-order valence-corrected chi connectivity index (χ2v) is 7.65. The minimum Gasteiger partial charge on any atom is -0.356 e. The van der Waals surface area contributed by atoms with E-state index in [0.29, 0.717) is 18.5 Å². The van der Waals surface area contributed by atoms with Gasteiger partial charge < -0.3 is 9.80 Å². The number of hydrogen-bond donors (Lipinski definition) is 0. The number of aromatic nitrogens is 2. The van der Waals surface area contributed by atoms with Crippen molar-refractivity contribution in [1.82, 2.24) is 14.9 Å². The first-order chi connectivity index (χ1) is 13.2. The van der Waals surface area contributed by atoms with Crippen molar-refractivity contribution in [1.29, 1.82) is 5.26 Å². The smallest absolute Gasteiger partial charge is 0.222 e. The van der Waals surface area contributed by atoms with Crippen LogP contribution in [0.3, 0.4) is 0 Å². The highest BCUT2D eigenvalue weighted by atomic mass is 16.2. The average molecular weight is 361 g/mol. The Balaban J connectivity index is 1.49. The number of hydrogen-bond acceptors (Lipinski definition) is 5. The van der Waals surface area contributed by atoms with Gasteiger partial charge in [-0.05, 0) is 43.0 Å². The van der Waals surface area contributed by atoms with Gasteiger partial charge in [0.1, 0.15) is 11.9 Å². The number of nitriles is 1.